The van der Waals surface area contributed by atoms with Crippen molar-refractivity contribution >= 4 is 11.7 Å². The SMILES string of the molecule is O=Nc1cccc(CN2CCOCC2)c1C(=O)O. The molecule has 1 N–H and O–H groups in total. The molecule has 1 fully saturated rings. The summed E-state index contributed by atoms with van der Waals surface area (Å²) in [6, 6.07) is 4.78. The van der Waals surface area contributed by atoms with Crippen molar-refractivity contribution in [1.29, 1.82) is 0 Å². The lowest BCUT2D eigenvalue weighted by atomic mass is 10.0. The quantitative estimate of drug-likeness (QED) is 0.821. The fraction of sp³-hybridized carbons (Fsp3) is 0.417. The lowest BCUT2D eigenvalue weighted by Gasteiger charge is -2.27. The van der Waals surface area contributed by atoms with Crippen molar-refractivity contribution in [2.75, 3.05) is 26.3 Å². The highest BCUT2D eigenvalue weighted by atomic mass is 16.5. The maximum Gasteiger partial charge on any atom is 0.338 e. The summed E-state index contributed by atoms with van der Waals surface area (Å²) in [5.74, 6) is -1.12. The van der Waals surface area contributed by atoms with Crippen molar-refractivity contribution in [3.63, 3.8) is 0 Å². The van der Waals surface area contributed by atoms with E-state index >= 15 is 0 Å². The molecule has 0 radical (unpaired) electrons. The Morgan fingerprint density at radius 1 is 1.39 bits per heavy atom. The number of carboxylic acid groups (broad SMARTS) is 1. The van der Waals surface area contributed by atoms with Crippen LogP contribution < -0.4 is 0 Å². The largest absolute Gasteiger partial charge is 0.478 e. The first-order valence-electron chi connectivity index (χ1n) is 5.71. The van der Waals surface area contributed by atoms with Gasteiger partial charge in [0.15, 0.2) is 0 Å². The van der Waals surface area contributed by atoms with E-state index in [9.17, 15) is 9.70 Å². The third-order valence-corrected chi connectivity index (χ3v) is 2.94. The molecular formula is C12H14N2O4. The van der Waals surface area contributed by atoms with Crippen molar-refractivity contribution in [2.45, 2.75) is 6.54 Å². The van der Waals surface area contributed by atoms with E-state index in [1.54, 1.807) is 12.1 Å². The first-order chi connectivity index (χ1) is 8.72. The van der Waals surface area contributed by atoms with Gasteiger partial charge >= 0.3 is 5.97 Å². The molecule has 0 aliphatic carbocycles. The molecule has 1 aliphatic heterocycles. The monoisotopic (exact) mass is 250 g/mol. The lowest BCUT2D eigenvalue weighted by Crippen LogP contribution is -2.36. The fourth-order valence-electron chi connectivity index (χ4n) is 2.04. The van der Waals surface area contributed by atoms with Gasteiger partial charge in [-0.1, -0.05) is 12.1 Å². The van der Waals surface area contributed by atoms with Crippen molar-refractivity contribution in [1.82, 2.24) is 4.90 Å². The summed E-state index contributed by atoms with van der Waals surface area (Å²) in [6.45, 7) is 3.31. The van der Waals surface area contributed by atoms with Crippen LogP contribution in [0.5, 0.6) is 0 Å². The molecule has 18 heavy (non-hydrogen) atoms. The van der Waals surface area contributed by atoms with Crippen LogP contribution in [0.2, 0.25) is 0 Å². The van der Waals surface area contributed by atoms with Crippen LogP contribution in [0.4, 0.5) is 5.69 Å². The Bertz CT molecular complexity index is 455. The first kappa shape index (κ1) is 12.7. The van der Waals surface area contributed by atoms with Gasteiger partial charge in [0.05, 0.1) is 18.8 Å². The minimum absolute atomic E-state index is 0.000933. The predicted octanol–water partition coefficient (Wildman–Crippen LogP) is 1.61. The fourth-order valence-corrected chi connectivity index (χ4v) is 2.04. The zero-order chi connectivity index (χ0) is 13.0. The maximum atomic E-state index is 11.2. The van der Waals surface area contributed by atoms with Crippen molar-refractivity contribution in [3.05, 3.63) is 34.2 Å². The summed E-state index contributed by atoms with van der Waals surface area (Å²) in [5, 5.41) is 11.9. The zero-order valence-electron chi connectivity index (χ0n) is 9.83. The standard InChI is InChI=1S/C12H14N2O4/c15-12(16)11-9(2-1-3-10(11)13-17)8-14-4-6-18-7-5-14/h1-3H,4-8H2,(H,15,16). The van der Waals surface area contributed by atoms with E-state index in [2.05, 4.69) is 10.1 Å². The number of nitrogens with zero attached hydrogens (tertiary/aromatic N) is 2. The van der Waals surface area contributed by atoms with E-state index in [4.69, 9.17) is 9.84 Å². The second-order valence-corrected chi connectivity index (χ2v) is 4.10. The van der Waals surface area contributed by atoms with E-state index in [1.807, 2.05) is 0 Å². The number of aromatic carboxylic acids is 1. The Balaban J connectivity index is 2.25. The number of rotatable bonds is 4. The molecule has 0 saturated carbocycles. The average molecular weight is 250 g/mol. The molecule has 2 rings (SSSR count). The van der Waals surface area contributed by atoms with Gasteiger partial charge < -0.3 is 9.84 Å². The van der Waals surface area contributed by atoms with E-state index in [1.165, 1.54) is 6.07 Å². The van der Waals surface area contributed by atoms with Crippen LogP contribution in [-0.2, 0) is 11.3 Å². The molecule has 0 spiro atoms. The molecule has 1 heterocycles. The Hall–Kier alpha value is -1.79. The van der Waals surface area contributed by atoms with E-state index in [-0.39, 0.29) is 11.3 Å². The number of benzene rings is 1. The van der Waals surface area contributed by atoms with Gasteiger partial charge in [-0.2, -0.15) is 0 Å². The predicted molar refractivity (Wildman–Crippen MR) is 65.0 cm³/mol. The second-order valence-electron chi connectivity index (χ2n) is 4.10. The molecule has 0 amide bonds. The molecular weight excluding hydrogens is 236 g/mol. The highest BCUT2D eigenvalue weighted by molar-refractivity contribution is 5.95. The number of morpholine rings is 1. The molecule has 0 unspecified atom stereocenters. The van der Waals surface area contributed by atoms with Crippen LogP contribution in [0.3, 0.4) is 0 Å². The maximum absolute atomic E-state index is 11.2. The molecule has 1 saturated heterocycles. The van der Waals surface area contributed by atoms with Gasteiger partial charge in [-0.25, -0.2) is 4.79 Å². The third-order valence-electron chi connectivity index (χ3n) is 2.94. The van der Waals surface area contributed by atoms with Gasteiger partial charge in [-0.15, -0.1) is 4.91 Å². The van der Waals surface area contributed by atoms with Gasteiger partial charge in [0.1, 0.15) is 5.69 Å². The van der Waals surface area contributed by atoms with Crippen molar-refractivity contribution < 1.29 is 14.6 Å². The van der Waals surface area contributed by atoms with E-state index < -0.39 is 5.97 Å². The minimum atomic E-state index is -1.12. The van der Waals surface area contributed by atoms with Gasteiger partial charge in [-0.05, 0) is 16.8 Å². The van der Waals surface area contributed by atoms with Gasteiger partial charge in [0.25, 0.3) is 0 Å². The number of ether oxygens (including phenoxy) is 1. The van der Waals surface area contributed by atoms with Crippen LogP contribution in [0.1, 0.15) is 15.9 Å². The second kappa shape index (κ2) is 5.70. The van der Waals surface area contributed by atoms with Gasteiger partial charge in [0, 0.05) is 19.6 Å². The number of hydrogen-bond donors (Lipinski definition) is 1. The van der Waals surface area contributed by atoms with E-state index in [0.29, 0.717) is 25.3 Å². The van der Waals surface area contributed by atoms with Crippen molar-refractivity contribution in [3.8, 4) is 0 Å². The topological polar surface area (TPSA) is 79.2 Å². The van der Waals surface area contributed by atoms with E-state index in [0.717, 1.165) is 13.1 Å². The molecule has 1 aliphatic rings. The van der Waals surface area contributed by atoms with Crippen LogP contribution in [0, 0.1) is 4.91 Å². The first-order valence-corrected chi connectivity index (χ1v) is 5.71. The molecule has 0 aromatic heterocycles. The average Bonchev–Trinajstić information content (AvgIpc) is 2.39. The number of carboxylic acids is 1. The molecule has 6 nitrogen and oxygen atoms in total. The number of nitroso groups, excluding NO2 is 1. The summed E-state index contributed by atoms with van der Waals surface area (Å²) >= 11 is 0. The van der Waals surface area contributed by atoms with Gasteiger partial charge in [0.2, 0.25) is 0 Å². The lowest BCUT2D eigenvalue weighted by molar-refractivity contribution is 0.0339. The molecule has 0 bridgehead atoms. The Labute approximate surface area is 104 Å². The van der Waals surface area contributed by atoms with Crippen LogP contribution in [0.25, 0.3) is 0 Å². The molecule has 1 aromatic rings. The van der Waals surface area contributed by atoms with Gasteiger partial charge in [-0.3, -0.25) is 4.90 Å². The van der Waals surface area contributed by atoms with Crippen LogP contribution in [-0.4, -0.2) is 42.3 Å². The summed E-state index contributed by atoms with van der Waals surface area (Å²) < 4.78 is 5.23. The van der Waals surface area contributed by atoms with Crippen LogP contribution in [0.15, 0.2) is 23.4 Å². The molecule has 1 aromatic carbocycles. The number of hydrogen-bond acceptors (Lipinski definition) is 5. The molecule has 96 valence electrons. The smallest absolute Gasteiger partial charge is 0.338 e. The zero-order valence-corrected chi connectivity index (χ0v) is 9.83. The minimum Gasteiger partial charge on any atom is -0.478 e. The normalized spacial score (nSPS) is 16.4. The Morgan fingerprint density at radius 3 is 2.72 bits per heavy atom. The summed E-state index contributed by atoms with van der Waals surface area (Å²) in [7, 11) is 0. The number of carbonyl (C=O) groups is 1. The third kappa shape index (κ3) is 2.72. The summed E-state index contributed by atoms with van der Waals surface area (Å²) in [5.41, 5.74) is 0.591. The van der Waals surface area contributed by atoms with Crippen LogP contribution >= 0.6 is 0 Å². The summed E-state index contributed by atoms with van der Waals surface area (Å²) in [4.78, 5) is 23.9. The highest BCUT2D eigenvalue weighted by Gasteiger charge is 2.19. The Kier molecular flexibility index (Phi) is 4.01. The molecule has 0 atom stereocenters. The molecule has 6 heteroatoms. The Morgan fingerprint density at radius 2 is 2.11 bits per heavy atom. The van der Waals surface area contributed by atoms with Crippen molar-refractivity contribution in [2.24, 2.45) is 5.18 Å². The summed E-state index contributed by atoms with van der Waals surface area (Å²) in [6.07, 6.45) is 0. The highest BCUT2D eigenvalue weighted by Crippen LogP contribution is 2.24.